The molecule has 2 saturated carbocycles. The Balaban J connectivity index is 2.11. The van der Waals surface area contributed by atoms with Crippen molar-refractivity contribution in [2.45, 2.75) is 50.7 Å². The average Bonchev–Trinajstić information content (AvgIpc) is 1.78. The Morgan fingerprint density at radius 3 is 2.67 bits per heavy atom. The Morgan fingerprint density at radius 1 is 1.25 bits per heavy atom. The van der Waals surface area contributed by atoms with Gasteiger partial charge in [-0.05, 0) is 43.9 Å². The van der Waals surface area contributed by atoms with E-state index in [1.165, 1.54) is 6.42 Å². The molecule has 0 saturated heterocycles. The molecule has 0 aromatic heterocycles. The molecule has 4 unspecified atom stereocenters. The molecule has 70 valence electrons. The van der Waals surface area contributed by atoms with Gasteiger partial charge in [0.25, 0.3) is 0 Å². The standard InChI is InChI=1S/C10H19NO/c1-7-2-8-3-9(11)6-10(12,4-7)5-8/h7-9,12H,2-6,11H2,1H3. The van der Waals surface area contributed by atoms with Crippen LogP contribution in [-0.2, 0) is 0 Å². The van der Waals surface area contributed by atoms with Gasteiger partial charge in [-0.3, -0.25) is 0 Å². The zero-order valence-electron chi connectivity index (χ0n) is 7.79. The molecule has 4 atom stereocenters. The molecule has 0 radical (unpaired) electrons. The summed E-state index contributed by atoms with van der Waals surface area (Å²) in [5, 5.41) is 10.2. The summed E-state index contributed by atoms with van der Waals surface area (Å²) in [5.74, 6) is 1.39. The van der Waals surface area contributed by atoms with Crippen LogP contribution in [0.4, 0.5) is 0 Å². The van der Waals surface area contributed by atoms with Crippen molar-refractivity contribution < 1.29 is 5.11 Å². The Morgan fingerprint density at radius 2 is 2.00 bits per heavy atom. The summed E-state index contributed by atoms with van der Waals surface area (Å²) in [5.41, 5.74) is 5.49. The Hall–Kier alpha value is -0.0800. The predicted molar refractivity (Wildman–Crippen MR) is 48.7 cm³/mol. The normalized spacial score (nSPS) is 53.8. The zero-order valence-corrected chi connectivity index (χ0v) is 7.79. The second-order valence-electron chi connectivity index (χ2n) is 5.04. The van der Waals surface area contributed by atoms with Crippen molar-refractivity contribution in [1.82, 2.24) is 0 Å². The van der Waals surface area contributed by atoms with Crippen LogP contribution in [0.2, 0.25) is 0 Å². The van der Waals surface area contributed by atoms with Crippen molar-refractivity contribution in [3.63, 3.8) is 0 Å². The van der Waals surface area contributed by atoms with Crippen LogP contribution in [0.15, 0.2) is 0 Å². The van der Waals surface area contributed by atoms with E-state index >= 15 is 0 Å². The van der Waals surface area contributed by atoms with Gasteiger partial charge in [0.05, 0.1) is 5.60 Å². The highest BCUT2D eigenvalue weighted by atomic mass is 16.3. The van der Waals surface area contributed by atoms with Crippen molar-refractivity contribution in [1.29, 1.82) is 0 Å². The van der Waals surface area contributed by atoms with Crippen LogP contribution in [0.5, 0.6) is 0 Å². The predicted octanol–water partition coefficient (Wildman–Crippen LogP) is 1.27. The molecule has 2 nitrogen and oxygen atoms in total. The number of aliphatic hydroxyl groups is 1. The van der Waals surface area contributed by atoms with Gasteiger partial charge in [0.1, 0.15) is 0 Å². The minimum atomic E-state index is -0.403. The highest BCUT2D eigenvalue weighted by Gasteiger charge is 2.42. The maximum absolute atomic E-state index is 10.2. The van der Waals surface area contributed by atoms with Crippen molar-refractivity contribution in [2.75, 3.05) is 0 Å². The molecule has 2 rings (SSSR count). The van der Waals surface area contributed by atoms with Crippen molar-refractivity contribution in [2.24, 2.45) is 17.6 Å². The Kier molecular flexibility index (Phi) is 1.92. The van der Waals surface area contributed by atoms with Crippen molar-refractivity contribution in [3.8, 4) is 0 Å². The van der Waals surface area contributed by atoms with E-state index in [2.05, 4.69) is 6.92 Å². The molecule has 3 N–H and O–H groups in total. The summed E-state index contributed by atoms with van der Waals surface area (Å²) >= 11 is 0. The molecule has 0 spiro atoms. The summed E-state index contributed by atoms with van der Waals surface area (Å²) in [6.45, 7) is 2.24. The first kappa shape index (κ1) is 8.52. The molecule has 12 heavy (non-hydrogen) atoms. The third-order valence-corrected chi connectivity index (χ3v) is 3.41. The maximum atomic E-state index is 10.2. The highest BCUT2D eigenvalue weighted by Crippen LogP contribution is 2.44. The van der Waals surface area contributed by atoms with E-state index < -0.39 is 5.60 Å². The lowest BCUT2D eigenvalue weighted by atomic mass is 9.64. The van der Waals surface area contributed by atoms with Gasteiger partial charge >= 0.3 is 0 Å². The Labute approximate surface area is 74.1 Å². The lowest BCUT2D eigenvalue weighted by Gasteiger charge is -2.46. The Bertz CT molecular complexity index is 161. The summed E-state index contributed by atoms with van der Waals surface area (Å²) < 4.78 is 0. The smallest absolute Gasteiger partial charge is 0.0667 e. The highest BCUT2D eigenvalue weighted by molar-refractivity contribution is 4.96. The third kappa shape index (κ3) is 1.50. The molecule has 0 amide bonds. The first-order valence-corrected chi connectivity index (χ1v) is 5.05. The molecule has 0 aliphatic heterocycles. The SMILES string of the molecule is CC1CC2CC(N)CC(O)(C1)C2. The summed E-state index contributed by atoms with van der Waals surface area (Å²) in [4.78, 5) is 0. The van der Waals surface area contributed by atoms with E-state index in [0.717, 1.165) is 25.7 Å². The first-order chi connectivity index (χ1) is 5.57. The van der Waals surface area contributed by atoms with Crippen LogP contribution in [0.3, 0.4) is 0 Å². The third-order valence-electron chi connectivity index (χ3n) is 3.41. The van der Waals surface area contributed by atoms with Gasteiger partial charge in [-0.1, -0.05) is 6.92 Å². The topological polar surface area (TPSA) is 46.2 Å². The summed E-state index contributed by atoms with van der Waals surface area (Å²) in [6, 6.07) is 0.251. The average molecular weight is 169 g/mol. The van der Waals surface area contributed by atoms with Crippen LogP contribution >= 0.6 is 0 Å². The number of hydrogen-bond donors (Lipinski definition) is 2. The lowest BCUT2D eigenvalue weighted by Crippen LogP contribution is -2.49. The number of nitrogens with two attached hydrogens (primary N) is 1. The largest absolute Gasteiger partial charge is 0.390 e. The summed E-state index contributed by atoms with van der Waals surface area (Å²) in [6.07, 6.45) is 5.21. The van der Waals surface area contributed by atoms with Gasteiger partial charge in [0, 0.05) is 6.04 Å². The number of fused-ring (bicyclic) bond motifs is 2. The van der Waals surface area contributed by atoms with Gasteiger partial charge in [0.2, 0.25) is 0 Å². The molecule has 2 heteroatoms. The molecule has 2 bridgehead atoms. The van der Waals surface area contributed by atoms with Crippen molar-refractivity contribution in [3.05, 3.63) is 0 Å². The molecule has 2 aliphatic carbocycles. The van der Waals surface area contributed by atoms with Crippen LogP contribution < -0.4 is 5.73 Å². The molecule has 0 heterocycles. The minimum Gasteiger partial charge on any atom is -0.390 e. The molecule has 2 fully saturated rings. The van der Waals surface area contributed by atoms with E-state index in [1.54, 1.807) is 0 Å². The second-order valence-corrected chi connectivity index (χ2v) is 5.04. The van der Waals surface area contributed by atoms with E-state index in [-0.39, 0.29) is 6.04 Å². The monoisotopic (exact) mass is 169 g/mol. The van der Waals surface area contributed by atoms with Gasteiger partial charge in [0.15, 0.2) is 0 Å². The zero-order chi connectivity index (χ0) is 8.77. The van der Waals surface area contributed by atoms with Crippen LogP contribution in [-0.4, -0.2) is 16.7 Å². The van der Waals surface area contributed by atoms with Crippen LogP contribution in [0.1, 0.15) is 39.0 Å². The van der Waals surface area contributed by atoms with Gasteiger partial charge in [-0.15, -0.1) is 0 Å². The van der Waals surface area contributed by atoms with E-state index in [1.807, 2.05) is 0 Å². The molecule has 0 aromatic carbocycles. The fourth-order valence-corrected chi connectivity index (χ4v) is 3.35. The quantitative estimate of drug-likeness (QED) is 0.573. The maximum Gasteiger partial charge on any atom is 0.0667 e. The van der Waals surface area contributed by atoms with E-state index in [4.69, 9.17) is 5.73 Å². The van der Waals surface area contributed by atoms with Crippen LogP contribution in [0.25, 0.3) is 0 Å². The van der Waals surface area contributed by atoms with Gasteiger partial charge in [-0.2, -0.15) is 0 Å². The lowest BCUT2D eigenvalue weighted by molar-refractivity contribution is -0.0699. The molecule has 0 aromatic rings. The van der Waals surface area contributed by atoms with Crippen molar-refractivity contribution >= 4 is 0 Å². The number of hydrogen-bond acceptors (Lipinski definition) is 2. The first-order valence-electron chi connectivity index (χ1n) is 5.05. The van der Waals surface area contributed by atoms with E-state index in [9.17, 15) is 5.11 Å². The fourth-order valence-electron chi connectivity index (χ4n) is 3.35. The molecular formula is C10H19NO. The molecular weight excluding hydrogens is 150 g/mol. The molecule has 2 aliphatic rings. The second kappa shape index (κ2) is 2.71. The summed E-state index contributed by atoms with van der Waals surface area (Å²) in [7, 11) is 0. The van der Waals surface area contributed by atoms with Crippen LogP contribution in [0, 0.1) is 11.8 Å². The minimum absolute atomic E-state index is 0.251. The number of rotatable bonds is 0. The van der Waals surface area contributed by atoms with E-state index in [0.29, 0.717) is 11.8 Å². The fraction of sp³-hybridized carbons (Fsp3) is 1.00. The van der Waals surface area contributed by atoms with Gasteiger partial charge in [-0.25, -0.2) is 0 Å². The van der Waals surface area contributed by atoms with Gasteiger partial charge < -0.3 is 10.8 Å².